The van der Waals surface area contributed by atoms with E-state index in [9.17, 15) is 4.79 Å². The minimum Gasteiger partial charge on any atom is -0.352 e. The Hall–Kier alpha value is -1.36. The van der Waals surface area contributed by atoms with E-state index in [2.05, 4.69) is 41.4 Å². The molecular weight excluding hydrogens is 240 g/mol. The fourth-order valence-electron chi connectivity index (χ4n) is 2.35. The third-order valence-corrected chi connectivity index (χ3v) is 3.61. The van der Waals surface area contributed by atoms with E-state index >= 15 is 0 Å². The molecule has 5 nitrogen and oxygen atoms in total. The average molecular weight is 264 g/mol. The van der Waals surface area contributed by atoms with Crippen LogP contribution < -0.4 is 10.6 Å². The second-order valence-corrected chi connectivity index (χ2v) is 5.85. The molecule has 1 aliphatic rings. The maximum absolute atomic E-state index is 12.2. The zero-order chi connectivity index (χ0) is 13.8. The Labute approximate surface area is 114 Å². The van der Waals surface area contributed by atoms with Crippen molar-refractivity contribution in [3.8, 4) is 0 Å². The molecule has 0 saturated carbocycles. The number of hydrogen-bond donors (Lipinski definition) is 3. The van der Waals surface area contributed by atoms with Crippen molar-refractivity contribution in [3.63, 3.8) is 0 Å². The van der Waals surface area contributed by atoms with Crippen LogP contribution in [0.2, 0.25) is 0 Å². The van der Waals surface area contributed by atoms with Gasteiger partial charge in [-0.3, -0.25) is 10.1 Å². The monoisotopic (exact) mass is 264 g/mol. The maximum Gasteiger partial charge on any atom is 0.237 e. The van der Waals surface area contributed by atoms with Gasteiger partial charge in [0.1, 0.15) is 0 Å². The zero-order valence-electron chi connectivity index (χ0n) is 12.0. The predicted octanol–water partition coefficient (Wildman–Crippen LogP) is 1.36. The number of carbonyl (C=O) groups excluding carboxylic acids is 1. The van der Waals surface area contributed by atoms with E-state index in [1.165, 1.54) is 0 Å². The lowest BCUT2D eigenvalue weighted by Gasteiger charge is -2.24. The fourth-order valence-corrected chi connectivity index (χ4v) is 2.35. The molecule has 2 unspecified atom stereocenters. The molecule has 0 aliphatic carbocycles. The first-order valence-corrected chi connectivity index (χ1v) is 7.11. The molecule has 2 rings (SSSR count). The molecule has 5 heteroatoms. The number of nitrogens with zero attached hydrogens (tertiary/aromatic N) is 1. The highest BCUT2D eigenvalue weighted by Crippen LogP contribution is 2.13. The van der Waals surface area contributed by atoms with Crippen LogP contribution in [0.3, 0.4) is 0 Å². The molecule has 1 aliphatic heterocycles. The number of amides is 1. The molecule has 1 aromatic rings. The number of nitrogens with one attached hydrogen (secondary N) is 3. The van der Waals surface area contributed by atoms with Crippen LogP contribution in [0.1, 0.15) is 45.0 Å². The summed E-state index contributed by atoms with van der Waals surface area (Å²) in [5.74, 6) is 0.767. The number of imidazole rings is 1. The van der Waals surface area contributed by atoms with E-state index in [4.69, 9.17) is 0 Å². The van der Waals surface area contributed by atoms with Crippen molar-refractivity contribution >= 4 is 5.91 Å². The molecule has 1 amide bonds. The normalized spacial score (nSPS) is 20.1. The molecule has 3 N–H and O–H groups in total. The van der Waals surface area contributed by atoms with Gasteiger partial charge in [-0.1, -0.05) is 13.8 Å². The van der Waals surface area contributed by atoms with Crippen molar-refractivity contribution in [1.29, 1.82) is 0 Å². The number of rotatable bonds is 5. The first kappa shape index (κ1) is 14.1. The average Bonchev–Trinajstić information content (AvgIpc) is 2.83. The number of fused-ring (bicyclic) bond motifs is 1. The van der Waals surface area contributed by atoms with Crippen molar-refractivity contribution in [3.05, 3.63) is 17.7 Å². The van der Waals surface area contributed by atoms with Crippen LogP contribution in [0.5, 0.6) is 0 Å². The van der Waals surface area contributed by atoms with E-state index in [0.717, 1.165) is 24.2 Å². The van der Waals surface area contributed by atoms with Gasteiger partial charge in [0.25, 0.3) is 0 Å². The van der Waals surface area contributed by atoms with Crippen LogP contribution in [0.25, 0.3) is 0 Å². The smallest absolute Gasteiger partial charge is 0.237 e. The molecule has 2 atom stereocenters. The Morgan fingerprint density at radius 2 is 2.26 bits per heavy atom. The van der Waals surface area contributed by atoms with Gasteiger partial charge >= 0.3 is 0 Å². The fraction of sp³-hybridized carbons (Fsp3) is 0.714. The summed E-state index contributed by atoms with van der Waals surface area (Å²) in [7, 11) is 0. The SMILES string of the molecule is CC(C)CCC(C)NC(=O)C1Cc2nc[nH]c2CN1. The van der Waals surface area contributed by atoms with E-state index in [1.807, 2.05) is 0 Å². The van der Waals surface area contributed by atoms with Crippen molar-refractivity contribution in [2.45, 2.75) is 58.7 Å². The molecule has 2 heterocycles. The molecular formula is C14H24N4O. The standard InChI is InChI=1S/C14H24N4O/c1-9(2)4-5-10(3)18-14(19)12-6-11-13(7-15-12)17-8-16-11/h8-10,12,15H,4-7H2,1-3H3,(H,16,17)(H,18,19). The van der Waals surface area contributed by atoms with E-state index < -0.39 is 0 Å². The molecule has 106 valence electrons. The Balaban J connectivity index is 1.81. The van der Waals surface area contributed by atoms with Crippen molar-refractivity contribution in [1.82, 2.24) is 20.6 Å². The van der Waals surface area contributed by atoms with Gasteiger partial charge in [0.05, 0.1) is 23.8 Å². The van der Waals surface area contributed by atoms with Gasteiger partial charge in [-0.05, 0) is 25.7 Å². The molecule has 0 saturated heterocycles. The highest BCUT2D eigenvalue weighted by molar-refractivity contribution is 5.82. The lowest BCUT2D eigenvalue weighted by molar-refractivity contribution is -0.124. The molecule has 0 spiro atoms. The van der Waals surface area contributed by atoms with Crippen molar-refractivity contribution < 1.29 is 4.79 Å². The van der Waals surface area contributed by atoms with Crippen LogP contribution >= 0.6 is 0 Å². The van der Waals surface area contributed by atoms with Crippen LogP contribution in [0.4, 0.5) is 0 Å². The van der Waals surface area contributed by atoms with Crippen LogP contribution in [0, 0.1) is 5.92 Å². The minimum absolute atomic E-state index is 0.0879. The van der Waals surface area contributed by atoms with E-state index in [1.54, 1.807) is 6.33 Å². The highest BCUT2D eigenvalue weighted by Gasteiger charge is 2.26. The van der Waals surface area contributed by atoms with E-state index in [0.29, 0.717) is 18.9 Å². The second-order valence-electron chi connectivity index (χ2n) is 5.85. The summed E-state index contributed by atoms with van der Waals surface area (Å²) >= 11 is 0. The van der Waals surface area contributed by atoms with Crippen LogP contribution in [0.15, 0.2) is 6.33 Å². The van der Waals surface area contributed by atoms with Crippen molar-refractivity contribution in [2.75, 3.05) is 0 Å². The summed E-state index contributed by atoms with van der Waals surface area (Å²) < 4.78 is 0. The van der Waals surface area contributed by atoms with Gasteiger partial charge in [0.2, 0.25) is 5.91 Å². The Bertz CT molecular complexity index is 427. The largest absolute Gasteiger partial charge is 0.352 e. The van der Waals surface area contributed by atoms with Crippen molar-refractivity contribution in [2.24, 2.45) is 5.92 Å². The van der Waals surface area contributed by atoms with E-state index in [-0.39, 0.29) is 18.0 Å². The second kappa shape index (κ2) is 6.19. The predicted molar refractivity (Wildman–Crippen MR) is 74.6 cm³/mol. The third-order valence-electron chi connectivity index (χ3n) is 3.61. The van der Waals surface area contributed by atoms with Gasteiger partial charge < -0.3 is 10.3 Å². The Kier molecular flexibility index (Phi) is 4.58. The highest BCUT2D eigenvalue weighted by atomic mass is 16.2. The molecule has 1 aromatic heterocycles. The Morgan fingerprint density at radius 3 is 3.00 bits per heavy atom. The summed E-state index contributed by atoms with van der Waals surface area (Å²) in [5, 5.41) is 6.34. The summed E-state index contributed by atoms with van der Waals surface area (Å²) in [6, 6.07) is 0.0783. The van der Waals surface area contributed by atoms with Gasteiger partial charge in [-0.2, -0.15) is 0 Å². The van der Waals surface area contributed by atoms with Gasteiger partial charge in [0, 0.05) is 19.0 Å². The Morgan fingerprint density at radius 1 is 1.47 bits per heavy atom. The van der Waals surface area contributed by atoms with Crippen LogP contribution in [-0.4, -0.2) is 28.0 Å². The molecule has 0 fully saturated rings. The zero-order valence-corrected chi connectivity index (χ0v) is 12.0. The number of aromatic amines is 1. The third kappa shape index (κ3) is 3.80. The number of carbonyl (C=O) groups is 1. The van der Waals surface area contributed by atoms with Gasteiger partial charge in [-0.15, -0.1) is 0 Å². The first-order chi connectivity index (χ1) is 9.06. The van der Waals surface area contributed by atoms with Gasteiger partial charge in [0.15, 0.2) is 0 Å². The summed E-state index contributed by atoms with van der Waals surface area (Å²) in [5.41, 5.74) is 2.10. The summed E-state index contributed by atoms with van der Waals surface area (Å²) in [6.07, 6.45) is 4.53. The molecule has 0 radical (unpaired) electrons. The summed E-state index contributed by atoms with van der Waals surface area (Å²) in [4.78, 5) is 19.5. The minimum atomic E-state index is -0.155. The number of hydrogen-bond acceptors (Lipinski definition) is 3. The molecule has 0 aromatic carbocycles. The lowest BCUT2D eigenvalue weighted by atomic mass is 10.0. The molecule has 0 bridgehead atoms. The van der Waals surface area contributed by atoms with Crippen LogP contribution in [-0.2, 0) is 17.8 Å². The topological polar surface area (TPSA) is 69.8 Å². The lowest BCUT2D eigenvalue weighted by Crippen LogP contribution is -2.50. The maximum atomic E-state index is 12.2. The quantitative estimate of drug-likeness (QED) is 0.752. The number of H-pyrrole nitrogens is 1. The van der Waals surface area contributed by atoms with Gasteiger partial charge in [-0.25, -0.2) is 4.98 Å². The summed E-state index contributed by atoms with van der Waals surface area (Å²) in [6.45, 7) is 7.17. The molecule has 19 heavy (non-hydrogen) atoms. The first-order valence-electron chi connectivity index (χ1n) is 7.11. The number of aromatic nitrogens is 2.